The smallest absolute Gasteiger partial charge is 0.271 e. The van der Waals surface area contributed by atoms with Crippen LogP contribution in [0.15, 0.2) is 54.9 Å². The number of rotatable bonds is 6. The van der Waals surface area contributed by atoms with E-state index >= 15 is 0 Å². The van der Waals surface area contributed by atoms with Crippen LogP contribution in [0, 0.1) is 0 Å². The maximum Gasteiger partial charge on any atom is 0.271 e. The van der Waals surface area contributed by atoms with Gasteiger partial charge in [0.15, 0.2) is 11.5 Å². The van der Waals surface area contributed by atoms with Crippen LogP contribution < -0.4 is 20.1 Å². The van der Waals surface area contributed by atoms with Crippen LogP contribution in [-0.2, 0) is 6.42 Å². The van der Waals surface area contributed by atoms with Crippen molar-refractivity contribution in [3.8, 4) is 11.5 Å². The Hall–Kier alpha value is -3.32. The van der Waals surface area contributed by atoms with Crippen molar-refractivity contribution < 1.29 is 14.3 Å². The first-order valence-electron chi connectivity index (χ1n) is 8.69. The van der Waals surface area contributed by atoms with Gasteiger partial charge in [-0.3, -0.25) is 4.79 Å². The van der Waals surface area contributed by atoms with Crippen LogP contribution in [0.5, 0.6) is 11.5 Å². The Morgan fingerprint density at radius 2 is 1.86 bits per heavy atom. The summed E-state index contributed by atoms with van der Waals surface area (Å²) in [5.74, 6) is 1.64. The van der Waals surface area contributed by atoms with Gasteiger partial charge in [0.05, 0.1) is 12.4 Å². The van der Waals surface area contributed by atoms with Crippen molar-refractivity contribution in [2.75, 3.05) is 18.7 Å². The molecule has 2 aromatic carbocycles. The van der Waals surface area contributed by atoms with Crippen LogP contribution in [-0.4, -0.2) is 29.2 Å². The highest BCUT2D eigenvalue weighted by Gasteiger charge is 2.13. The van der Waals surface area contributed by atoms with Crippen LogP contribution in [0.2, 0.25) is 5.02 Å². The summed E-state index contributed by atoms with van der Waals surface area (Å²) in [5.41, 5.74) is 2.14. The zero-order valence-electron chi connectivity index (χ0n) is 14.8. The number of fused-ring (bicyclic) bond motifs is 1. The molecule has 0 unspecified atom stereocenters. The van der Waals surface area contributed by atoms with E-state index in [1.807, 2.05) is 42.5 Å². The Labute approximate surface area is 166 Å². The van der Waals surface area contributed by atoms with Crippen molar-refractivity contribution in [3.05, 3.63) is 71.1 Å². The quantitative estimate of drug-likeness (QED) is 0.662. The van der Waals surface area contributed by atoms with E-state index in [1.54, 1.807) is 0 Å². The number of carbonyl (C=O) groups is 1. The summed E-state index contributed by atoms with van der Waals surface area (Å²) >= 11 is 5.86. The molecule has 0 saturated carbocycles. The molecule has 4 rings (SSSR count). The van der Waals surface area contributed by atoms with Gasteiger partial charge in [-0.05, 0) is 36.2 Å². The molecule has 1 amide bonds. The molecule has 0 radical (unpaired) electrons. The van der Waals surface area contributed by atoms with Crippen molar-refractivity contribution in [2.24, 2.45) is 0 Å². The number of nitrogens with one attached hydrogen (secondary N) is 2. The number of hydrogen-bond donors (Lipinski definition) is 2. The lowest BCUT2D eigenvalue weighted by Crippen LogP contribution is -2.26. The Morgan fingerprint density at radius 3 is 2.64 bits per heavy atom. The van der Waals surface area contributed by atoms with E-state index in [9.17, 15) is 4.79 Å². The third-order valence-corrected chi connectivity index (χ3v) is 4.39. The lowest BCUT2D eigenvalue weighted by molar-refractivity contribution is 0.0949. The third kappa shape index (κ3) is 4.32. The first-order chi connectivity index (χ1) is 13.7. The van der Waals surface area contributed by atoms with Crippen molar-refractivity contribution >= 4 is 29.0 Å². The van der Waals surface area contributed by atoms with E-state index in [1.165, 1.54) is 12.4 Å². The maximum atomic E-state index is 12.2. The molecule has 8 heteroatoms. The summed E-state index contributed by atoms with van der Waals surface area (Å²) in [7, 11) is 0. The molecule has 2 N–H and O–H groups in total. The van der Waals surface area contributed by atoms with Gasteiger partial charge in [-0.2, -0.15) is 0 Å². The predicted molar refractivity (Wildman–Crippen MR) is 105 cm³/mol. The van der Waals surface area contributed by atoms with Gasteiger partial charge in [0.25, 0.3) is 5.91 Å². The summed E-state index contributed by atoms with van der Waals surface area (Å²) in [6, 6.07) is 13.0. The molecule has 1 aliphatic rings. The summed E-state index contributed by atoms with van der Waals surface area (Å²) in [6.45, 7) is 0.722. The standard InChI is InChI=1S/C20H17ClN4O3/c21-14-3-1-13(2-4-14)7-8-22-20(26)16-10-24-19(11-23-16)25-15-5-6-17-18(9-15)28-12-27-17/h1-6,9-11H,7-8,12H2,(H,22,26)(H,24,25). The number of halogens is 1. The fraction of sp³-hybridized carbons (Fsp3) is 0.150. The molecule has 2 heterocycles. The average molecular weight is 397 g/mol. The molecule has 0 atom stereocenters. The van der Waals surface area contributed by atoms with Crippen molar-refractivity contribution in [2.45, 2.75) is 6.42 Å². The minimum absolute atomic E-state index is 0.223. The van der Waals surface area contributed by atoms with Gasteiger partial charge in [-0.15, -0.1) is 0 Å². The summed E-state index contributed by atoms with van der Waals surface area (Å²) in [6.07, 6.45) is 3.66. The van der Waals surface area contributed by atoms with Crippen molar-refractivity contribution in [1.29, 1.82) is 0 Å². The summed E-state index contributed by atoms with van der Waals surface area (Å²) < 4.78 is 10.6. The van der Waals surface area contributed by atoms with E-state index in [-0.39, 0.29) is 18.4 Å². The molecule has 0 saturated heterocycles. The Kier molecular flexibility index (Phi) is 5.25. The van der Waals surface area contributed by atoms with Gasteiger partial charge in [-0.25, -0.2) is 9.97 Å². The van der Waals surface area contributed by atoms with Crippen LogP contribution in [0.4, 0.5) is 11.5 Å². The maximum absolute atomic E-state index is 12.2. The Bertz CT molecular complexity index is 978. The average Bonchev–Trinajstić information content (AvgIpc) is 3.18. The molecule has 142 valence electrons. The number of benzene rings is 2. The lowest BCUT2D eigenvalue weighted by Gasteiger charge is -2.08. The van der Waals surface area contributed by atoms with E-state index in [0.717, 1.165) is 11.3 Å². The number of nitrogens with zero attached hydrogens (tertiary/aromatic N) is 2. The minimum Gasteiger partial charge on any atom is -0.454 e. The van der Waals surface area contributed by atoms with E-state index in [4.69, 9.17) is 21.1 Å². The zero-order chi connectivity index (χ0) is 19.3. The molecule has 1 aliphatic heterocycles. The number of aromatic nitrogens is 2. The molecular weight excluding hydrogens is 380 g/mol. The number of ether oxygens (including phenoxy) is 2. The molecule has 28 heavy (non-hydrogen) atoms. The van der Waals surface area contributed by atoms with Crippen molar-refractivity contribution in [1.82, 2.24) is 15.3 Å². The van der Waals surface area contributed by atoms with Gasteiger partial charge in [-0.1, -0.05) is 23.7 Å². The summed E-state index contributed by atoms with van der Waals surface area (Å²) in [4.78, 5) is 20.6. The van der Waals surface area contributed by atoms with E-state index in [0.29, 0.717) is 35.3 Å². The zero-order valence-corrected chi connectivity index (χ0v) is 15.6. The van der Waals surface area contributed by atoms with Crippen molar-refractivity contribution in [3.63, 3.8) is 0 Å². The van der Waals surface area contributed by atoms with Crippen LogP contribution in [0.3, 0.4) is 0 Å². The number of anilines is 2. The molecular formula is C20H17ClN4O3. The van der Waals surface area contributed by atoms with Crippen LogP contribution >= 0.6 is 11.6 Å². The monoisotopic (exact) mass is 396 g/mol. The second-order valence-corrected chi connectivity index (χ2v) is 6.55. The van der Waals surface area contributed by atoms with Gasteiger partial charge in [0.2, 0.25) is 6.79 Å². The number of hydrogen-bond acceptors (Lipinski definition) is 6. The SMILES string of the molecule is O=C(NCCc1ccc(Cl)cc1)c1cnc(Nc2ccc3c(c2)OCO3)cn1. The van der Waals surface area contributed by atoms with Gasteiger partial charge < -0.3 is 20.1 Å². The van der Waals surface area contributed by atoms with Crippen LogP contribution in [0.25, 0.3) is 0 Å². The first-order valence-corrected chi connectivity index (χ1v) is 9.06. The van der Waals surface area contributed by atoms with Gasteiger partial charge >= 0.3 is 0 Å². The highest BCUT2D eigenvalue weighted by molar-refractivity contribution is 6.30. The minimum atomic E-state index is -0.268. The van der Waals surface area contributed by atoms with Crippen LogP contribution in [0.1, 0.15) is 16.1 Å². The second kappa shape index (κ2) is 8.14. The summed E-state index contributed by atoms with van der Waals surface area (Å²) in [5, 5.41) is 6.64. The third-order valence-electron chi connectivity index (χ3n) is 4.14. The fourth-order valence-corrected chi connectivity index (χ4v) is 2.82. The lowest BCUT2D eigenvalue weighted by atomic mass is 10.1. The van der Waals surface area contributed by atoms with E-state index < -0.39 is 0 Å². The fourth-order valence-electron chi connectivity index (χ4n) is 2.69. The topological polar surface area (TPSA) is 85.4 Å². The first kappa shape index (κ1) is 18.1. The predicted octanol–water partition coefficient (Wildman–Crippen LogP) is 3.57. The second-order valence-electron chi connectivity index (χ2n) is 6.11. The molecule has 3 aromatic rings. The largest absolute Gasteiger partial charge is 0.454 e. The van der Waals surface area contributed by atoms with Gasteiger partial charge in [0.1, 0.15) is 11.5 Å². The molecule has 7 nitrogen and oxygen atoms in total. The van der Waals surface area contributed by atoms with Gasteiger partial charge in [0, 0.05) is 23.3 Å². The highest BCUT2D eigenvalue weighted by Crippen LogP contribution is 2.34. The highest BCUT2D eigenvalue weighted by atomic mass is 35.5. The molecule has 0 spiro atoms. The molecule has 1 aromatic heterocycles. The van der Waals surface area contributed by atoms with E-state index in [2.05, 4.69) is 20.6 Å². The molecule has 0 fully saturated rings. The number of carbonyl (C=O) groups excluding carboxylic acids is 1. The molecule has 0 bridgehead atoms. The number of amides is 1. The Morgan fingerprint density at radius 1 is 1.04 bits per heavy atom. The normalized spacial score (nSPS) is 11.9. The molecule has 0 aliphatic carbocycles. The Balaban J connectivity index is 1.31.